The van der Waals surface area contributed by atoms with Crippen LogP contribution in [0.1, 0.15) is 0 Å². The van der Waals surface area contributed by atoms with Gasteiger partial charge in [0.2, 0.25) is 0 Å². The topological polar surface area (TPSA) is 23.8 Å². The van der Waals surface area contributed by atoms with Crippen molar-refractivity contribution in [2.45, 2.75) is 0 Å². The molecular formula is C27H23Cl2HfNSi. The summed E-state index contributed by atoms with van der Waals surface area (Å²) in [4.78, 5) is 0. The van der Waals surface area contributed by atoms with Gasteiger partial charge in [0.05, 0.1) is 0 Å². The Labute approximate surface area is 224 Å². The molecule has 0 aromatic heterocycles. The van der Waals surface area contributed by atoms with Crippen LogP contribution in [0.4, 0.5) is 5.69 Å². The monoisotopic (exact) mass is 639 g/mol. The molecule has 0 aliphatic carbocycles. The number of rotatable bonds is 2. The maximum Gasteiger partial charge on any atom is 4.00 e. The summed E-state index contributed by atoms with van der Waals surface area (Å²) in [6.45, 7) is 0. The van der Waals surface area contributed by atoms with Crippen LogP contribution in [0.5, 0.6) is 0 Å². The van der Waals surface area contributed by atoms with Gasteiger partial charge in [-0.1, -0.05) is 107 Å². The first-order valence-electron chi connectivity index (χ1n) is 9.55. The van der Waals surface area contributed by atoms with Crippen LogP contribution in [0.25, 0.3) is 16.5 Å². The maximum absolute atomic E-state index is 7.00. The van der Waals surface area contributed by atoms with Crippen molar-refractivity contribution in [2.24, 2.45) is 0 Å². The van der Waals surface area contributed by atoms with E-state index in [1.807, 2.05) is 18.2 Å². The molecule has 0 amide bonds. The molecule has 0 spiro atoms. The molecule has 32 heavy (non-hydrogen) atoms. The van der Waals surface area contributed by atoms with Gasteiger partial charge in [0.1, 0.15) is 9.52 Å². The van der Waals surface area contributed by atoms with Gasteiger partial charge in [-0.05, 0) is 0 Å². The molecular weight excluding hydrogens is 616 g/mol. The first kappa shape index (κ1) is 30.0. The van der Waals surface area contributed by atoms with Crippen molar-refractivity contribution in [3.05, 3.63) is 139 Å². The maximum atomic E-state index is 7.00. The van der Waals surface area contributed by atoms with Crippen LogP contribution >= 0.6 is 0 Å². The molecule has 1 nitrogen and oxygen atoms in total. The molecule has 0 heterocycles. The van der Waals surface area contributed by atoms with Gasteiger partial charge in [-0.15, -0.1) is 35.3 Å². The van der Waals surface area contributed by atoms with Crippen LogP contribution in [0, 0.1) is 0 Å². The second-order valence-electron chi connectivity index (χ2n) is 6.38. The summed E-state index contributed by atoms with van der Waals surface area (Å²) in [5, 5.41) is 5.46. The van der Waals surface area contributed by atoms with Crippen LogP contribution in [0.3, 0.4) is 0 Å². The molecule has 0 fully saturated rings. The molecule has 2 radical (unpaired) electrons. The molecule has 0 bridgehead atoms. The minimum Gasteiger partial charge on any atom is -1.00 e. The number of fused-ring (bicyclic) bond motifs is 1. The Morgan fingerprint density at radius 2 is 0.969 bits per heavy atom. The minimum absolute atomic E-state index is 0. The van der Waals surface area contributed by atoms with E-state index in [0.717, 1.165) is 9.52 Å². The molecule has 5 rings (SSSR count). The first-order chi connectivity index (χ1) is 14.3. The molecule has 1 N–H and O–H groups in total. The van der Waals surface area contributed by atoms with E-state index in [1.165, 1.54) is 21.1 Å². The van der Waals surface area contributed by atoms with E-state index in [0.29, 0.717) is 5.69 Å². The molecule has 0 atom stereocenters. The molecule has 0 unspecified atom stereocenters. The predicted octanol–water partition coefficient (Wildman–Crippen LogP) is 0.276. The molecule has 0 saturated heterocycles. The fourth-order valence-electron chi connectivity index (χ4n) is 2.72. The molecule has 0 saturated carbocycles. The van der Waals surface area contributed by atoms with Gasteiger partial charge < -0.3 is 30.5 Å². The molecule has 0 aliphatic heterocycles. The van der Waals surface area contributed by atoms with Gasteiger partial charge >= 0.3 is 25.8 Å². The zero-order valence-corrected chi connectivity index (χ0v) is 23.6. The van der Waals surface area contributed by atoms with Crippen molar-refractivity contribution in [2.75, 3.05) is 0 Å². The van der Waals surface area contributed by atoms with Crippen molar-refractivity contribution in [1.82, 2.24) is 0 Å². The molecule has 158 valence electrons. The summed E-state index contributed by atoms with van der Waals surface area (Å²) >= 11 is 0. The van der Waals surface area contributed by atoms with Crippen molar-refractivity contribution < 1.29 is 50.7 Å². The molecule has 5 aromatic carbocycles. The number of hydrogen-bond donors (Lipinski definition) is 0. The van der Waals surface area contributed by atoms with Crippen LogP contribution in [0.15, 0.2) is 133 Å². The largest absolute Gasteiger partial charge is 4.00 e. The summed E-state index contributed by atoms with van der Waals surface area (Å²) in [6, 6.07) is 44.9. The third kappa shape index (κ3) is 11.0. The summed E-state index contributed by atoms with van der Waals surface area (Å²) in [7, 11) is 0.777. The standard InChI is InChI=1S/C12H10Si.C9H7.C6H6N.2ClH.Hf/c1-3-7-11(8-4-1)13-12-9-5-2-6-10-12;1-2-5-9-7-3-6-8(9)4-1;7-6-4-2-1-3-5-6;;;/h1-10H;1-7H;1-5,7H;2*1H;/q;2*-1;;;+4/p-2. The number of halogens is 2. The molecule has 5 heteroatoms. The van der Waals surface area contributed by atoms with E-state index in [-0.39, 0.29) is 50.7 Å². The van der Waals surface area contributed by atoms with Gasteiger partial charge in [-0.3, -0.25) is 0 Å². The average molecular weight is 639 g/mol. The Hall–Kier alpha value is -2.04. The third-order valence-electron chi connectivity index (χ3n) is 4.16. The number of nitrogens with one attached hydrogen (secondary N) is 1. The second kappa shape index (κ2) is 17.5. The van der Waals surface area contributed by atoms with E-state index in [9.17, 15) is 0 Å². The Kier molecular flexibility index (Phi) is 16.4. The quantitative estimate of drug-likeness (QED) is 0.196. The normalized spacial score (nSPS) is 8.75. The summed E-state index contributed by atoms with van der Waals surface area (Å²) in [5.74, 6) is 0. The van der Waals surface area contributed by atoms with Gasteiger partial charge in [0.15, 0.2) is 0 Å². The Morgan fingerprint density at radius 3 is 1.41 bits per heavy atom. The number of benzene rings is 4. The zero-order chi connectivity index (χ0) is 20.2. The summed E-state index contributed by atoms with van der Waals surface area (Å²) < 4.78 is 0. The Bertz CT molecular complexity index is 1020. The zero-order valence-electron chi connectivity index (χ0n) is 17.5. The van der Waals surface area contributed by atoms with E-state index in [2.05, 4.69) is 103 Å². The predicted molar refractivity (Wildman–Crippen MR) is 128 cm³/mol. The van der Waals surface area contributed by atoms with Gasteiger partial charge in [-0.2, -0.15) is 17.5 Å². The van der Waals surface area contributed by atoms with Gasteiger partial charge in [0.25, 0.3) is 0 Å². The van der Waals surface area contributed by atoms with Crippen LogP contribution in [-0.2, 0) is 25.8 Å². The van der Waals surface area contributed by atoms with Gasteiger partial charge in [-0.25, -0.2) is 0 Å². The average Bonchev–Trinajstić information content (AvgIpc) is 3.26. The first-order valence-corrected chi connectivity index (χ1v) is 10.6. The fraction of sp³-hybridized carbons (Fsp3) is 0. The van der Waals surface area contributed by atoms with Crippen LogP contribution < -0.4 is 35.2 Å². The van der Waals surface area contributed by atoms with E-state index in [1.54, 1.807) is 12.1 Å². The second-order valence-corrected chi connectivity index (χ2v) is 7.78. The molecule has 5 aromatic rings. The Balaban J connectivity index is 0.000000450. The van der Waals surface area contributed by atoms with Crippen LogP contribution in [-0.4, -0.2) is 9.52 Å². The van der Waals surface area contributed by atoms with Crippen LogP contribution in [0.2, 0.25) is 0 Å². The van der Waals surface area contributed by atoms with Crippen molar-refractivity contribution >= 4 is 36.4 Å². The summed E-state index contributed by atoms with van der Waals surface area (Å²) in [6.07, 6.45) is 0. The van der Waals surface area contributed by atoms with Gasteiger partial charge in [0, 0.05) is 0 Å². The SMILES string of the molecule is [Cl-].[Cl-].[Hf+4].[NH-]c1ccccc1.c1ccc([Si]c2ccccc2)cc1.c1ccc2[cH-]ccc2c1. The summed E-state index contributed by atoms with van der Waals surface area (Å²) in [5.41, 5.74) is 7.57. The van der Waals surface area contributed by atoms with Crippen molar-refractivity contribution in [3.8, 4) is 0 Å². The third-order valence-corrected chi connectivity index (χ3v) is 5.40. The molecule has 0 aliphatic rings. The Morgan fingerprint density at radius 1 is 0.531 bits per heavy atom. The number of hydrogen-bond acceptors (Lipinski definition) is 0. The van der Waals surface area contributed by atoms with Crippen molar-refractivity contribution in [1.29, 1.82) is 0 Å². The minimum atomic E-state index is 0. The smallest absolute Gasteiger partial charge is 1.00 e. The fourth-order valence-corrected chi connectivity index (χ4v) is 3.77. The van der Waals surface area contributed by atoms with E-state index in [4.69, 9.17) is 5.73 Å². The van der Waals surface area contributed by atoms with E-state index >= 15 is 0 Å². The van der Waals surface area contributed by atoms with E-state index < -0.39 is 0 Å². The van der Waals surface area contributed by atoms with Crippen molar-refractivity contribution in [3.63, 3.8) is 0 Å².